The number of hydrogen-bond donors (Lipinski definition) is 3. The molecule has 1 aromatic carbocycles. The van der Waals surface area contributed by atoms with Crippen LogP contribution in [0.1, 0.15) is 10.5 Å². The molecule has 0 aliphatic carbocycles. The summed E-state index contributed by atoms with van der Waals surface area (Å²) in [5.41, 5.74) is 6.06. The van der Waals surface area contributed by atoms with E-state index in [0.717, 1.165) is 0 Å². The number of nitrogens with one attached hydrogen (secondary N) is 1. The molecule has 0 saturated carbocycles. The summed E-state index contributed by atoms with van der Waals surface area (Å²) < 4.78 is 5.52. The standard InChI is InChI=1S/C13H13N3O3/c1-15-13(18)9-7-8(5-6-16-9)19-11-4-2-3-10(17)12(11)14/h2-7,17H,14H2,1H3,(H,15,18). The maximum atomic E-state index is 11.4. The maximum Gasteiger partial charge on any atom is 0.269 e. The number of nitrogens with zero attached hydrogens (tertiary/aromatic N) is 1. The Hall–Kier alpha value is -2.76. The minimum Gasteiger partial charge on any atom is -0.506 e. The monoisotopic (exact) mass is 259 g/mol. The summed E-state index contributed by atoms with van der Waals surface area (Å²) in [5.74, 6) is 0.354. The van der Waals surface area contributed by atoms with Gasteiger partial charge in [0.2, 0.25) is 0 Å². The fourth-order valence-electron chi connectivity index (χ4n) is 1.48. The van der Waals surface area contributed by atoms with E-state index < -0.39 is 0 Å². The zero-order valence-electron chi connectivity index (χ0n) is 10.3. The molecular weight excluding hydrogens is 246 g/mol. The van der Waals surface area contributed by atoms with Gasteiger partial charge in [0.15, 0.2) is 5.75 Å². The van der Waals surface area contributed by atoms with Gasteiger partial charge in [-0.1, -0.05) is 6.07 Å². The van der Waals surface area contributed by atoms with Gasteiger partial charge in [-0.05, 0) is 18.2 Å². The number of phenols is 1. The van der Waals surface area contributed by atoms with Crippen molar-refractivity contribution in [2.24, 2.45) is 0 Å². The molecule has 6 heteroatoms. The Morgan fingerprint density at radius 1 is 1.42 bits per heavy atom. The number of phenolic OH excluding ortho intramolecular Hbond substituents is 1. The van der Waals surface area contributed by atoms with Gasteiger partial charge in [-0.15, -0.1) is 0 Å². The average Bonchev–Trinajstić information content (AvgIpc) is 2.43. The summed E-state index contributed by atoms with van der Waals surface area (Å²) in [6, 6.07) is 7.78. The normalized spacial score (nSPS) is 9.95. The number of ether oxygens (including phenoxy) is 1. The highest BCUT2D eigenvalue weighted by Crippen LogP contribution is 2.33. The minimum atomic E-state index is -0.311. The van der Waals surface area contributed by atoms with Crippen LogP contribution in [0.5, 0.6) is 17.2 Å². The van der Waals surface area contributed by atoms with Crippen LogP contribution in [0, 0.1) is 0 Å². The number of hydrogen-bond acceptors (Lipinski definition) is 5. The Bertz CT molecular complexity index is 614. The molecule has 1 heterocycles. The number of anilines is 1. The van der Waals surface area contributed by atoms with E-state index in [0.29, 0.717) is 11.5 Å². The van der Waals surface area contributed by atoms with Crippen LogP contribution < -0.4 is 15.8 Å². The molecule has 1 amide bonds. The first-order valence-corrected chi connectivity index (χ1v) is 5.55. The number of para-hydroxylation sites is 1. The van der Waals surface area contributed by atoms with Crippen molar-refractivity contribution in [1.29, 1.82) is 0 Å². The Labute approximate surface area is 109 Å². The molecule has 2 rings (SSSR count). The van der Waals surface area contributed by atoms with Crippen LogP contribution in [0.2, 0.25) is 0 Å². The van der Waals surface area contributed by atoms with Crippen LogP contribution in [0.15, 0.2) is 36.5 Å². The molecule has 0 aliphatic heterocycles. The van der Waals surface area contributed by atoms with Gasteiger partial charge in [-0.2, -0.15) is 0 Å². The molecule has 0 radical (unpaired) electrons. The molecule has 0 bridgehead atoms. The average molecular weight is 259 g/mol. The minimum absolute atomic E-state index is 0.0573. The maximum absolute atomic E-state index is 11.4. The lowest BCUT2D eigenvalue weighted by molar-refractivity contribution is 0.0958. The van der Waals surface area contributed by atoms with E-state index in [2.05, 4.69) is 10.3 Å². The van der Waals surface area contributed by atoms with E-state index in [9.17, 15) is 9.90 Å². The van der Waals surface area contributed by atoms with Crippen molar-refractivity contribution in [3.63, 3.8) is 0 Å². The summed E-state index contributed by atoms with van der Waals surface area (Å²) in [7, 11) is 1.52. The van der Waals surface area contributed by atoms with E-state index in [1.165, 1.54) is 25.4 Å². The Balaban J connectivity index is 2.28. The number of amides is 1. The van der Waals surface area contributed by atoms with Crippen LogP contribution in [0.4, 0.5) is 5.69 Å². The molecule has 98 valence electrons. The molecule has 0 fully saturated rings. The predicted octanol–water partition coefficient (Wildman–Crippen LogP) is 1.52. The summed E-state index contributed by atoms with van der Waals surface area (Å²) in [6.07, 6.45) is 1.46. The third-order valence-electron chi connectivity index (χ3n) is 2.46. The van der Waals surface area contributed by atoms with Gasteiger partial charge in [0, 0.05) is 19.3 Å². The van der Waals surface area contributed by atoms with E-state index in [-0.39, 0.29) is 23.0 Å². The fourth-order valence-corrected chi connectivity index (χ4v) is 1.48. The number of nitrogens with two attached hydrogens (primary N) is 1. The third kappa shape index (κ3) is 2.74. The second-order valence-corrected chi connectivity index (χ2v) is 3.75. The van der Waals surface area contributed by atoms with E-state index in [1.54, 1.807) is 18.2 Å². The molecular formula is C13H13N3O3. The predicted molar refractivity (Wildman–Crippen MR) is 70.2 cm³/mol. The number of aromatic hydroxyl groups is 1. The largest absolute Gasteiger partial charge is 0.506 e. The first kappa shape index (κ1) is 12.7. The molecule has 0 saturated heterocycles. The van der Waals surface area contributed by atoms with Gasteiger partial charge in [0.05, 0.1) is 0 Å². The topological polar surface area (TPSA) is 97.5 Å². The van der Waals surface area contributed by atoms with Crippen LogP contribution in [0.25, 0.3) is 0 Å². The quantitative estimate of drug-likeness (QED) is 0.573. The SMILES string of the molecule is CNC(=O)c1cc(Oc2cccc(O)c2N)ccn1. The highest BCUT2D eigenvalue weighted by molar-refractivity contribution is 5.92. The Morgan fingerprint density at radius 3 is 2.95 bits per heavy atom. The summed E-state index contributed by atoms with van der Waals surface area (Å²) in [5, 5.41) is 11.9. The van der Waals surface area contributed by atoms with Crippen molar-refractivity contribution in [2.75, 3.05) is 12.8 Å². The molecule has 6 nitrogen and oxygen atoms in total. The number of aromatic nitrogens is 1. The molecule has 0 atom stereocenters. The molecule has 0 aliphatic rings. The number of carbonyl (C=O) groups is 1. The number of benzene rings is 1. The number of nitrogen functional groups attached to an aromatic ring is 1. The lowest BCUT2D eigenvalue weighted by Gasteiger charge is -2.09. The smallest absolute Gasteiger partial charge is 0.269 e. The number of rotatable bonds is 3. The van der Waals surface area contributed by atoms with Gasteiger partial charge in [-0.3, -0.25) is 9.78 Å². The second-order valence-electron chi connectivity index (χ2n) is 3.75. The molecule has 0 spiro atoms. The lowest BCUT2D eigenvalue weighted by atomic mass is 10.2. The number of carbonyl (C=O) groups excluding carboxylic acids is 1. The lowest BCUT2D eigenvalue weighted by Crippen LogP contribution is -2.18. The van der Waals surface area contributed by atoms with E-state index >= 15 is 0 Å². The van der Waals surface area contributed by atoms with Crippen molar-refractivity contribution in [2.45, 2.75) is 0 Å². The van der Waals surface area contributed by atoms with Gasteiger partial charge in [-0.25, -0.2) is 0 Å². The zero-order chi connectivity index (χ0) is 13.8. The van der Waals surface area contributed by atoms with E-state index in [1.807, 2.05) is 0 Å². The first-order valence-electron chi connectivity index (χ1n) is 5.55. The van der Waals surface area contributed by atoms with Crippen molar-refractivity contribution < 1.29 is 14.6 Å². The Kier molecular flexibility index (Phi) is 3.51. The number of pyridine rings is 1. The van der Waals surface area contributed by atoms with Gasteiger partial charge < -0.3 is 20.9 Å². The van der Waals surface area contributed by atoms with Gasteiger partial charge >= 0.3 is 0 Å². The molecule has 19 heavy (non-hydrogen) atoms. The molecule has 0 unspecified atom stereocenters. The summed E-state index contributed by atoms with van der Waals surface area (Å²) in [6.45, 7) is 0. The Morgan fingerprint density at radius 2 is 2.21 bits per heavy atom. The highest BCUT2D eigenvalue weighted by atomic mass is 16.5. The van der Waals surface area contributed by atoms with Crippen molar-refractivity contribution in [3.8, 4) is 17.2 Å². The fraction of sp³-hybridized carbons (Fsp3) is 0.0769. The molecule has 4 N–H and O–H groups in total. The van der Waals surface area contributed by atoms with Crippen LogP contribution in [-0.4, -0.2) is 23.0 Å². The first-order chi connectivity index (χ1) is 9.11. The van der Waals surface area contributed by atoms with Crippen molar-refractivity contribution in [1.82, 2.24) is 10.3 Å². The van der Waals surface area contributed by atoms with E-state index in [4.69, 9.17) is 10.5 Å². The second kappa shape index (κ2) is 5.26. The van der Waals surface area contributed by atoms with Gasteiger partial charge in [0.25, 0.3) is 5.91 Å². The van der Waals surface area contributed by atoms with Crippen molar-refractivity contribution in [3.05, 3.63) is 42.2 Å². The zero-order valence-corrected chi connectivity index (χ0v) is 10.3. The highest BCUT2D eigenvalue weighted by Gasteiger charge is 2.09. The van der Waals surface area contributed by atoms with Crippen molar-refractivity contribution >= 4 is 11.6 Å². The van der Waals surface area contributed by atoms with Gasteiger partial charge in [0.1, 0.15) is 22.9 Å². The molecule has 2 aromatic rings. The van der Waals surface area contributed by atoms with Crippen LogP contribution in [-0.2, 0) is 0 Å². The third-order valence-corrected chi connectivity index (χ3v) is 2.46. The summed E-state index contributed by atoms with van der Waals surface area (Å²) >= 11 is 0. The van der Waals surface area contributed by atoms with Crippen LogP contribution in [0.3, 0.4) is 0 Å². The van der Waals surface area contributed by atoms with Crippen LogP contribution >= 0.6 is 0 Å². The molecule has 1 aromatic heterocycles. The summed E-state index contributed by atoms with van der Waals surface area (Å²) in [4.78, 5) is 15.4.